The van der Waals surface area contributed by atoms with Gasteiger partial charge in [0.25, 0.3) is 0 Å². The van der Waals surface area contributed by atoms with E-state index in [4.69, 9.17) is 0 Å². The number of hydrogen-bond donors (Lipinski definition) is 0. The molecule has 2 heteroatoms. The lowest BCUT2D eigenvalue weighted by Crippen LogP contribution is -2.24. The summed E-state index contributed by atoms with van der Waals surface area (Å²) < 4.78 is 0. The van der Waals surface area contributed by atoms with Crippen LogP contribution in [-0.2, 0) is 4.79 Å². The Bertz CT molecular complexity index is 132. The van der Waals surface area contributed by atoms with E-state index in [2.05, 4.69) is 32.7 Å². The van der Waals surface area contributed by atoms with E-state index < -0.39 is 0 Å². The van der Waals surface area contributed by atoms with Gasteiger partial charge in [0.05, 0.1) is 0 Å². The molecule has 0 N–H and O–H groups in total. The zero-order valence-corrected chi connectivity index (χ0v) is 10.8. The van der Waals surface area contributed by atoms with Crippen LogP contribution >= 0.6 is 0 Å². The van der Waals surface area contributed by atoms with Crippen molar-refractivity contribution in [3.8, 4) is 0 Å². The van der Waals surface area contributed by atoms with Crippen LogP contribution in [0.25, 0.3) is 0 Å². The van der Waals surface area contributed by atoms with Gasteiger partial charge in [-0.15, -0.1) is 0 Å². The third-order valence-electron chi connectivity index (χ3n) is 2.35. The van der Waals surface area contributed by atoms with Gasteiger partial charge in [-0.2, -0.15) is 0 Å². The van der Waals surface area contributed by atoms with Crippen molar-refractivity contribution in [1.82, 2.24) is 4.90 Å². The lowest BCUT2D eigenvalue weighted by Gasteiger charge is -2.24. The number of aldehydes is 1. The Hall–Kier alpha value is -0.370. The number of hydrogen-bond acceptors (Lipinski definition) is 2. The Morgan fingerprint density at radius 2 is 1.79 bits per heavy atom. The Balaban J connectivity index is 0. The van der Waals surface area contributed by atoms with E-state index in [-0.39, 0.29) is 5.41 Å². The van der Waals surface area contributed by atoms with E-state index in [0.717, 1.165) is 25.8 Å². The fraction of sp³-hybridized carbons (Fsp3) is 0.917. The van der Waals surface area contributed by atoms with Gasteiger partial charge in [0.1, 0.15) is 6.29 Å². The van der Waals surface area contributed by atoms with E-state index in [1.165, 1.54) is 0 Å². The van der Waals surface area contributed by atoms with Crippen LogP contribution in [0.1, 0.15) is 47.5 Å². The molecule has 0 bridgehead atoms. The average molecular weight is 201 g/mol. The Labute approximate surface area is 89.7 Å². The highest BCUT2D eigenvalue weighted by molar-refractivity contribution is 5.50. The van der Waals surface area contributed by atoms with Crippen molar-refractivity contribution in [3.05, 3.63) is 0 Å². The van der Waals surface area contributed by atoms with Gasteiger partial charge >= 0.3 is 0 Å². The first kappa shape index (κ1) is 16.1. The number of carbonyl (C=O) groups is 1. The van der Waals surface area contributed by atoms with Gasteiger partial charge in [-0.1, -0.05) is 34.6 Å². The van der Waals surface area contributed by atoms with E-state index in [0.29, 0.717) is 6.42 Å². The van der Waals surface area contributed by atoms with Crippen LogP contribution in [0.4, 0.5) is 0 Å². The van der Waals surface area contributed by atoms with E-state index >= 15 is 0 Å². The monoisotopic (exact) mass is 201 g/mol. The first-order valence-corrected chi connectivity index (χ1v) is 5.64. The summed E-state index contributed by atoms with van der Waals surface area (Å²) in [5, 5.41) is 0. The van der Waals surface area contributed by atoms with Gasteiger partial charge in [-0.3, -0.25) is 0 Å². The molecule has 0 spiro atoms. The van der Waals surface area contributed by atoms with E-state index in [9.17, 15) is 4.79 Å². The SMILES string of the molecule is CC.CCN(C)CCC(C)(C)CC=O. The highest BCUT2D eigenvalue weighted by Gasteiger charge is 2.16. The molecule has 0 unspecified atom stereocenters. The molecular weight excluding hydrogens is 174 g/mol. The topological polar surface area (TPSA) is 20.3 Å². The smallest absolute Gasteiger partial charge is 0.120 e. The van der Waals surface area contributed by atoms with Crippen molar-refractivity contribution in [2.45, 2.75) is 47.5 Å². The molecule has 86 valence electrons. The molecule has 0 saturated heterocycles. The van der Waals surface area contributed by atoms with Crippen molar-refractivity contribution < 1.29 is 4.79 Å². The summed E-state index contributed by atoms with van der Waals surface area (Å²) in [4.78, 5) is 12.6. The van der Waals surface area contributed by atoms with Gasteiger partial charge < -0.3 is 9.69 Å². The van der Waals surface area contributed by atoms with Crippen LogP contribution < -0.4 is 0 Å². The summed E-state index contributed by atoms with van der Waals surface area (Å²) in [6.07, 6.45) is 2.78. The Morgan fingerprint density at radius 1 is 1.29 bits per heavy atom. The van der Waals surface area contributed by atoms with E-state index in [1.54, 1.807) is 0 Å². The standard InChI is InChI=1S/C10H21NO.C2H6/c1-5-11(4)8-6-10(2,3)7-9-12;1-2/h9H,5-8H2,1-4H3;1-2H3. The molecule has 0 aromatic carbocycles. The van der Waals surface area contributed by atoms with Crippen molar-refractivity contribution in [3.63, 3.8) is 0 Å². The average Bonchev–Trinajstić information content (AvgIpc) is 2.17. The first-order chi connectivity index (χ1) is 6.52. The molecule has 0 aliphatic heterocycles. The van der Waals surface area contributed by atoms with Crippen LogP contribution in [0, 0.1) is 5.41 Å². The molecule has 0 fully saturated rings. The Morgan fingerprint density at radius 3 is 2.14 bits per heavy atom. The quantitative estimate of drug-likeness (QED) is 0.616. The molecule has 0 atom stereocenters. The second-order valence-corrected chi connectivity index (χ2v) is 4.18. The van der Waals surface area contributed by atoms with Crippen LogP contribution in [0.2, 0.25) is 0 Å². The summed E-state index contributed by atoms with van der Waals surface area (Å²) in [7, 11) is 2.11. The fourth-order valence-corrected chi connectivity index (χ4v) is 0.979. The van der Waals surface area contributed by atoms with Crippen molar-refractivity contribution in [1.29, 1.82) is 0 Å². The second kappa shape index (κ2) is 9.20. The van der Waals surface area contributed by atoms with Crippen LogP contribution in [-0.4, -0.2) is 31.3 Å². The lowest BCUT2D eigenvalue weighted by atomic mass is 9.86. The number of rotatable bonds is 6. The summed E-state index contributed by atoms with van der Waals surface area (Å²) >= 11 is 0. The molecule has 0 aromatic rings. The first-order valence-electron chi connectivity index (χ1n) is 5.64. The highest BCUT2D eigenvalue weighted by atomic mass is 16.1. The van der Waals surface area contributed by atoms with Gasteiger partial charge in [-0.25, -0.2) is 0 Å². The maximum atomic E-state index is 10.3. The maximum absolute atomic E-state index is 10.3. The van der Waals surface area contributed by atoms with Crippen LogP contribution in [0.15, 0.2) is 0 Å². The molecule has 0 saturated carbocycles. The molecule has 0 aliphatic rings. The minimum Gasteiger partial charge on any atom is -0.307 e. The van der Waals surface area contributed by atoms with Crippen molar-refractivity contribution >= 4 is 6.29 Å². The fourth-order valence-electron chi connectivity index (χ4n) is 0.979. The minimum atomic E-state index is 0.172. The summed E-state index contributed by atoms with van der Waals surface area (Å²) in [6.45, 7) is 12.6. The molecule has 0 aliphatic carbocycles. The molecule has 14 heavy (non-hydrogen) atoms. The van der Waals surface area contributed by atoms with Crippen LogP contribution in [0.5, 0.6) is 0 Å². The second-order valence-electron chi connectivity index (χ2n) is 4.18. The number of carbonyl (C=O) groups excluding carboxylic acids is 1. The third-order valence-corrected chi connectivity index (χ3v) is 2.35. The van der Waals surface area contributed by atoms with E-state index in [1.807, 2.05) is 13.8 Å². The molecule has 0 rings (SSSR count). The van der Waals surface area contributed by atoms with Crippen LogP contribution in [0.3, 0.4) is 0 Å². The summed E-state index contributed by atoms with van der Waals surface area (Å²) in [5.74, 6) is 0. The third kappa shape index (κ3) is 9.72. The highest BCUT2D eigenvalue weighted by Crippen LogP contribution is 2.23. The molecule has 0 amide bonds. The zero-order chi connectivity index (χ0) is 11.6. The molecule has 0 heterocycles. The molecule has 0 radical (unpaired) electrons. The predicted octanol–water partition coefficient (Wildman–Crippen LogP) is 2.97. The Kier molecular flexibility index (Phi) is 10.6. The summed E-state index contributed by atoms with van der Waals surface area (Å²) in [5.41, 5.74) is 0.172. The maximum Gasteiger partial charge on any atom is 0.120 e. The normalized spacial score (nSPS) is 10.8. The molecule has 0 aromatic heterocycles. The predicted molar refractivity (Wildman–Crippen MR) is 63.6 cm³/mol. The minimum absolute atomic E-state index is 0.172. The molecular formula is C12H27NO. The number of nitrogens with zero attached hydrogens (tertiary/aromatic N) is 1. The van der Waals surface area contributed by atoms with Gasteiger partial charge in [-0.05, 0) is 32.0 Å². The van der Waals surface area contributed by atoms with Crippen molar-refractivity contribution in [2.24, 2.45) is 5.41 Å². The summed E-state index contributed by atoms with van der Waals surface area (Å²) in [6, 6.07) is 0. The van der Waals surface area contributed by atoms with Gasteiger partial charge in [0, 0.05) is 6.42 Å². The van der Waals surface area contributed by atoms with Crippen molar-refractivity contribution in [2.75, 3.05) is 20.1 Å². The van der Waals surface area contributed by atoms with Gasteiger partial charge in [0.2, 0.25) is 0 Å². The lowest BCUT2D eigenvalue weighted by molar-refractivity contribution is -0.109. The largest absolute Gasteiger partial charge is 0.307 e. The van der Waals surface area contributed by atoms with Gasteiger partial charge in [0.15, 0.2) is 0 Å². The molecule has 2 nitrogen and oxygen atoms in total. The zero-order valence-electron chi connectivity index (χ0n) is 10.8.